The summed E-state index contributed by atoms with van der Waals surface area (Å²) in [4.78, 5) is 34.4. The van der Waals surface area contributed by atoms with E-state index in [0.29, 0.717) is 25.9 Å². The van der Waals surface area contributed by atoms with Crippen LogP contribution in [0.3, 0.4) is 0 Å². The minimum Gasteiger partial charge on any atom is -0.494 e. The van der Waals surface area contributed by atoms with Crippen molar-refractivity contribution in [3.05, 3.63) is 29.8 Å². The summed E-state index contributed by atoms with van der Waals surface area (Å²) < 4.78 is 16.1. The normalized spacial score (nSPS) is 12.5. The van der Waals surface area contributed by atoms with Crippen LogP contribution in [0.1, 0.15) is 78.2 Å². The summed E-state index contributed by atoms with van der Waals surface area (Å²) in [5.74, 6) is -0.214. The van der Waals surface area contributed by atoms with Gasteiger partial charge in [0.15, 0.2) is 0 Å². The first-order valence-corrected chi connectivity index (χ1v) is 11.5. The Kier molecular flexibility index (Phi) is 13.1. The predicted octanol–water partition coefficient (Wildman–Crippen LogP) is 4.36. The molecule has 180 valence electrons. The number of nitrogens with one attached hydrogen (secondary N) is 1. The number of hydrogen-bond acceptors (Lipinski definition) is 6. The van der Waals surface area contributed by atoms with Gasteiger partial charge in [0, 0.05) is 27.2 Å². The van der Waals surface area contributed by atoms with E-state index in [4.69, 9.17) is 14.2 Å². The van der Waals surface area contributed by atoms with Gasteiger partial charge in [-0.25, -0.2) is 0 Å². The zero-order valence-corrected chi connectivity index (χ0v) is 20.0. The molecule has 0 aromatic heterocycles. The molecule has 1 rings (SSSR count). The summed E-state index contributed by atoms with van der Waals surface area (Å²) in [6.45, 7) is 7.14. The maximum atomic E-state index is 11.9. The predicted molar refractivity (Wildman–Crippen MR) is 123 cm³/mol. The lowest BCUT2D eigenvalue weighted by atomic mass is 9.88. The second-order valence-electron chi connectivity index (χ2n) is 8.24. The number of unbranched alkanes of at least 4 members (excludes halogenated alkanes) is 4. The van der Waals surface area contributed by atoms with Crippen molar-refractivity contribution in [1.29, 1.82) is 0 Å². The zero-order chi connectivity index (χ0) is 23.8. The smallest absolute Gasteiger partial charge is 0.302 e. The monoisotopic (exact) mass is 449 g/mol. The van der Waals surface area contributed by atoms with E-state index in [1.807, 2.05) is 24.3 Å². The molecular formula is C25H39NO6. The second kappa shape index (κ2) is 15.3. The van der Waals surface area contributed by atoms with Crippen molar-refractivity contribution in [2.24, 2.45) is 0 Å². The number of benzene rings is 1. The molecule has 0 bridgehead atoms. The Bertz CT molecular complexity index is 703. The summed E-state index contributed by atoms with van der Waals surface area (Å²) in [5.41, 5.74) is 0.256. The molecule has 1 N–H and O–H groups in total. The molecule has 1 unspecified atom stereocenters. The number of rotatable bonds is 16. The summed E-state index contributed by atoms with van der Waals surface area (Å²) in [7, 11) is 0. The van der Waals surface area contributed by atoms with E-state index in [1.165, 1.54) is 46.5 Å². The van der Waals surface area contributed by atoms with Gasteiger partial charge in [0.2, 0.25) is 5.91 Å². The third-order valence-electron chi connectivity index (χ3n) is 5.21. The van der Waals surface area contributed by atoms with Crippen molar-refractivity contribution in [3.63, 3.8) is 0 Å². The van der Waals surface area contributed by atoms with Gasteiger partial charge in [0.25, 0.3) is 0 Å². The van der Waals surface area contributed by atoms with Crippen LogP contribution in [-0.4, -0.2) is 43.2 Å². The molecule has 0 spiro atoms. The van der Waals surface area contributed by atoms with E-state index in [2.05, 4.69) is 12.2 Å². The first kappa shape index (κ1) is 27.5. The Morgan fingerprint density at radius 1 is 0.844 bits per heavy atom. The molecule has 1 aromatic carbocycles. The van der Waals surface area contributed by atoms with Gasteiger partial charge in [0.05, 0.1) is 18.8 Å². The molecule has 1 amide bonds. The van der Waals surface area contributed by atoms with Gasteiger partial charge < -0.3 is 19.5 Å². The molecule has 7 nitrogen and oxygen atoms in total. The Morgan fingerprint density at radius 3 is 2.09 bits per heavy atom. The van der Waals surface area contributed by atoms with Crippen LogP contribution in [0.25, 0.3) is 0 Å². The first-order valence-electron chi connectivity index (χ1n) is 11.5. The molecule has 0 fully saturated rings. The number of carbonyl (C=O) groups is 3. The van der Waals surface area contributed by atoms with Crippen LogP contribution in [0.4, 0.5) is 0 Å². The van der Waals surface area contributed by atoms with Gasteiger partial charge in [-0.2, -0.15) is 0 Å². The van der Waals surface area contributed by atoms with Crippen LogP contribution in [0.15, 0.2) is 24.3 Å². The van der Waals surface area contributed by atoms with Crippen molar-refractivity contribution in [3.8, 4) is 5.75 Å². The number of aryl methyl sites for hydroxylation is 1. The second-order valence-corrected chi connectivity index (χ2v) is 8.24. The molecule has 0 aliphatic rings. The standard InChI is InChI=1S/C25H39NO6/c1-5-6-7-8-9-17-31-24-12-10-23(11-13-24)14-15-25(26-20(2)27,19-32-22(4)29)16-18-30-21(3)28/h10-13H,5-9,14-19H2,1-4H3,(H,26,27). The highest BCUT2D eigenvalue weighted by atomic mass is 16.5. The number of amides is 1. The topological polar surface area (TPSA) is 90.9 Å². The van der Waals surface area contributed by atoms with E-state index in [9.17, 15) is 14.4 Å². The number of esters is 2. The number of ether oxygens (including phenoxy) is 3. The van der Waals surface area contributed by atoms with E-state index < -0.39 is 17.5 Å². The van der Waals surface area contributed by atoms with Crippen LogP contribution in [0.2, 0.25) is 0 Å². The fourth-order valence-corrected chi connectivity index (χ4v) is 3.47. The van der Waals surface area contributed by atoms with Crippen molar-refractivity contribution in [2.75, 3.05) is 19.8 Å². The third kappa shape index (κ3) is 12.3. The fourth-order valence-electron chi connectivity index (χ4n) is 3.47. The lowest BCUT2D eigenvalue weighted by Gasteiger charge is -2.34. The zero-order valence-electron chi connectivity index (χ0n) is 20.0. The van der Waals surface area contributed by atoms with E-state index in [-0.39, 0.29) is 19.1 Å². The molecule has 32 heavy (non-hydrogen) atoms. The minimum atomic E-state index is -0.819. The summed E-state index contributed by atoms with van der Waals surface area (Å²) in [6.07, 6.45) is 7.52. The van der Waals surface area contributed by atoms with Crippen LogP contribution < -0.4 is 10.1 Å². The van der Waals surface area contributed by atoms with Gasteiger partial charge in [-0.05, 0) is 37.0 Å². The molecule has 0 saturated carbocycles. The highest BCUT2D eigenvalue weighted by Gasteiger charge is 2.32. The number of carbonyl (C=O) groups excluding carboxylic acids is 3. The molecule has 0 heterocycles. The van der Waals surface area contributed by atoms with Crippen LogP contribution in [-0.2, 0) is 30.3 Å². The largest absolute Gasteiger partial charge is 0.494 e. The Morgan fingerprint density at radius 2 is 1.50 bits per heavy atom. The van der Waals surface area contributed by atoms with E-state index in [1.54, 1.807) is 0 Å². The minimum absolute atomic E-state index is 0.0163. The molecule has 0 aliphatic carbocycles. The molecule has 7 heteroatoms. The molecule has 0 radical (unpaired) electrons. The molecular weight excluding hydrogens is 410 g/mol. The van der Waals surface area contributed by atoms with E-state index in [0.717, 1.165) is 17.7 Å². The van der Waals surface area contributed by atoms with Gasteiger partial charge in [-0.3, -0.25) is 14.4 Å². The molecule has 1 aromatic rings. The van der Waals surface area contributed by atoms with Gasteiger partial charge in [-0.1, -0.05) is 44.7 Å². The maximum absolute atomic E-state index is 11.9. The van der Waals surface area contributed by atoms with Crippen LogP contribution >= 0.6 is 0 Å². The van der Waals surface area contributed by atoms with Crippen molar-refractivity contribution >= 4 is 17.8 Å². The summed E-state index contributed by atoms with van der Waals surface area (Å²) in [6, 6.07) is 7.91. The highest BCUT2D eigenvalue weighted by Crippen LogP contribution is 2.22. The lowest BCUT2D eigenvalue weighted by molar-refractivity contribution is -0.147. The number of hydrogen-bond donors (Lipinski definition) is 1. The Labute approximate surface area is 192 Å². The quantitative estimate of drug-likeness (QED) is 0.298. The van der Waals surface area contributed by atoms with Gasteiger partial charge in [0.1, 0.15) is 12.4 Å². The first-order chi connectivity index (χ1) is 15.3. The molecule has 0 aliphatic heterocycles. The van der Waals surface area contributed by atoms with Crippen LogP contribution in [0, 0.1) is 0 Å². The highest BCUT2D eigenvalue weighted by molar-refractivity contribution is 5.74. The Balaban J connectivity index is 2.70. The maximum Gasteiger partial charge on any atom is 0.302 e. The van der Waals surface area contributed by atoms with Gasteiger partial charge in [-0.15, -0.1) is 0 Å². The average Bonchev–Trinajstić information content (AvgIpc) is 2.73. The fraction of sp³-hybridized carbons (Fsp3) is 0.640. The van der Waals surface area contributed by atoms with Crippen molar-refractivity contribution in [1.82, 2.24) is 5.32 Å². The van der Waals surface area contributed by atoms with E-state index >= 15 is 0 Å². The molecule has 0 saturated heterocycles. The third-order valence-corrected chi connectivity index (χ3v) is 5.21. The van der Waals surface area contributed by atoms with Crippen molar-refractivity contribution in [2.45, 2.75) is 84.6 Å². The van der Waals surface area contributed by atoms with Crippen LogP contribution in [0.5, 0.6) is 5.75 Å². The summed E-state index contributed by atoms with van der Waals surface area (Å²) in [5, 5.41) is 2.92. The molecule has 1 atom stereocenters. The Hall–Kier alpha value is -2.57. The van der Waals surface area contributed by atoms with Crippen molar-refractivity contribution < 1.29 is 28.6 Å². The average molecular weight is 450 g/mol. The lowest BCUT2D eigenvalue weighted by Crippen LogP contribution is -2.52. The summed E-state index contributed by atoms with van der Waals surface area (Å²) >= 11 is 0. The van der Waals surface area contributed by atoms with Gasteiger partial charge >= 0.3 is 11.9 Å². The SMILES string of the molecule is CCCCCCCOc1ccc(CCC(CCOC(C)=O)(COC(C)=O)NC(C)=O)cc1.